The molecular weight excluding hydrogens is 60.1 g/mol. The van der Waals surface area contributed by atoms with E-state index >= 15 is 0 Å². The third-order valence-electron chi connectivity index (χ3n) is 0. The molecule has 34 valence electrons. The zero-order valence-corrected chi connectivity index (χ0v) is 4.50. The van der Waals surface area contributed by atoms with Crippen LogP contribution in [-0.2, 0) is 0 Å². The first-order chi connectivity index (χ1) is 2.00. The second kappa shape index (κ2) is 1.00. The molecule has 0 atom stereocenters. The molecule has 0 nitrogen and oxygen atoms in total. The number of rotatable bonds is 0. The predicted molar refractivity (Wildman–Crippen MR) is 27.2 cm³/mol. The first kappa shape index (κ1) is 5.00. The van der Waals surface area contributed by atoms with E-state index < -0.39 is 0 Å². The fourth-order valence-electron chi connectivity index (χ4n) is 0. The van der Waals surface area contributed by atoms with Gasteiger partial charge in [-0.2, -0.15) is 0 Å². The van der Waals surface area contributed by atoms with Crippen LogP contribution in [0.25, 0.3) is 0 Å². The lowest BCUT2D eigenvalue weighted by Gasteiger charge is -2.05. The van der Waals surface area contributed by atoms with E-state index in [0.29, 0.717) is 5.41 Å². The van der Waals surface area contributed by atoms with Crippen LogP contribution >= 0.6 is 0 Å². The molecule has 0 bridgehead atoms. The van der Waals surface area contributed by atoms with Gasteiger partial charge in [0.2, 0.25) is 0 Å². The van der Waals surface area contributed by atoms with Gasteiger partial charge in [-0.25, -0.2) is 0 Å². The van der Waals surface area contributed by atoms with E-state index in [-0.39, 0.29) is 1.43 Å². The molecule has 0 unspecified atom stereocenters. The average Bonchev–Trinajstić information content (AvgIpc) is 0.722. The molecule has 0 heteroatoms. The summed E-state index contributed by atoms with van der Waals surface area (Å²) < 4.78 is 0. The molecule has 0 fully saturated rings. The van der Waals surface area contributed by atoms with Crippen molar-refractivity contribution < 1.29 is 1.43 Å². The summed E-state index contributed by atoms with van der Waals surface area (Å²) in [5.41, 5.74) is 0.500. The van der Waals surface area contributed by atoms with Crippen LogP contribution < -0.4 is 0 Å². The first-order valence-electron chi connectivity index (χ1n) is 2.00. The highest BCUT2D eigenvalue weighted by atomic mass is 14.0. The van der Waals surface area contributed by atoms with Gasteiger partial charge >= 0.3 is 0 Å². The van der Waals surface area contributed by atoms with Gasteiger partial charge in [0.25, 0.3) is 0 Å². The van der Waals surface area contributed by atoms with Crippen molar-refractivity contribution in [2.75, 3.05) is 0 Å². The van der Waals surface area contributed by atoms with Crippen LogP contribution in [0.3, 0.4) is 0 Å². The Morgan fingerprint density at radius 2 is 1.00 bits per heavy atom. The van der Waals surface area contributed by atoms with Crippen LogP contribution in [0.4, 0.5) is 0 Å². The van der Waals surface area contributed by atoms with Crippen molar-refractivity contribution in [1.82, 2.24) is 0 Å². The largest absolute Gasteiger partial charge is 0.0604 e. The maximum Gasteiger partial charge on any atom is 0 e. The molecule has 0 aromatic carbocycles. The van der Waals surface area contributed by atoms with Crippen LogP contribution in [0.5, 0.6) is 0 Å². The van der Waals surface area contributed by atoms with E-state index in [4.69, 9.17) is 0 Å². The van der Waals surface area contributed by atoms with Gasteiger partial charge < -0.3 is 0 Å². The van der Waals surface area contributed by atoms with Crippen molar-refractivity contribution in [3.8, 4) is 0 Å². The Morgan fingerprint density at radius 3 is 1.00 bits per heavy atom. The summed E-state index contributed by atoms with van der Waals surface area (Å²) in [7, 11) is 0. The van der Waals surface area contributed by atoms with E-state index in [9.17, 15) is 0 Å². The van der Waals surface area contributed by atoms with Gasteiger partial charge in [-0.1, -0.05) is 27.7 Å². The molecule has 0 heterocycles. The van der Waals surface area contributed by atoms with Gasteiger partial charge in [-0.15, -0.1) is 0 Å². The van der Waals surface area contributed by atoms with Gasteiger partial charge in [-0.05, 0) is 5.41 Å². The van der Waals surface area contributed by atoms with Crippen molar-refractivity contribution in [1.29, 1.82) is 0 Å². The lowest BCUT2D eigenvalue weighted by atomic mass is 10.0. The average molecular weight is 75.2 g/mol. The van der Waals surface area contributed by atoms with E-state index in [2.05, 4.69) is 27.7 Å². The number of hydrogen-bond acceptors (Lipinski definition) is 0. The fourth-order valence-corrected chi connectivity index (χ4v) is 0. The molecule has 0 N–H and O–H groups in total. The van der Waals surface area contributed by atoms with Gasteiger partial charge in [-0.3, -0.25) is 0 Å². The smallest absolute Gasteiger partial charge is 0 e. The molecule has 0 aliphatic rings. The quantitative estimate of drug-likeness (QED) is 0.414. The van der Waals surface area contributed by atoms with Gasteiger partial charge in [0.05, 0.1) is 0 Å². The van der Waals surface area contributed by atoms with Crippen molar-refractivity contribution in [3.05, 3.63) is 0 Å². The Kier molecular flexibility index (Phi) is 1.00. The minimum absolute atomic E-state index is 0. The maximum absolute atomic E-state index is 2.19. The molecule has 0 aliphatic heterocycles. The van der Waals surface area contributed by atoms with Crippen molar-refractivity contribution in [2.24, 2.45) is 5.41 Å². The maximum atomic E-state index is 2.19. The highest BCUT2D eigenvalue weighted by molar-refractivity contribution is 4.47. The molecule has 0 spiro atoms. The summed E-state index contributed by atoms with van der Waals surface area (Å²) in [6.07, 6.45) is 0. The Morgan fingerprint density at radius 1 is 1.00 bits per heavy atom. The van der Waals surface area contributed by atoms with E-state index in [1.165, 1.54) is 0 Å². The van der Waals surface area contributed by atoms with Crippen LogP contribution in [-0.4, -0.2) is 0 Å². The Hall–Kier alpha value is 0. The summed E-state index contributed by atoms with van der Waals surface area (Å²) in [6.45, 7) is 8.75. The first-order valence-corrected chi connectivity index (χ1v) is 2.00. The molecule has 0 saturated heterocycles. The summed E-state index contributed by atoms with van der Waals surface area (Å²) in [6, 6.07) is 0. The van der Waals surface area contributed by atoms with Crippen molar-refractivity contribution >= 4 is 0 Å². The summed E-state index contributed by atoms with van der Waals surface area (Å²) in [5, 5.41) is 0. The highest BCUT2D eigenvalue weighted by Crippen LogP contribution is 2.07. The fraction of sp³-hybridized carbons (Fsp3) is 1.00. The van der Waals surface area contributed by atoms with Crippen LogP contribution in [0, 0.1) is 5.41 Å². The second-order valence-corrected chi connectivity index (χ2v) is 3.00. The van der Waals surface area contributed by atoms with Gasteiger partial charge in [0.1, 0.15) is 0 Å². The summed E-state index contributed by atoms with van der Waals surface area (Å²) >= 11 is 0. The highest BCUT2D eigenvalue weighted by Gasteiger charge is 1.95. The third kappa shape index (κ3) is 0. The molecule has 0 rings (SSSR count). The zero-order valence-electron chi connectivity index (χ0n) is 4.50. The van der Waals surface area contributed by atoms with E-state index in [0.717, 1.165) is 0 Å². The standard InChI is InChI=1S/C5H12.H2/c1-5(2,3)4;/h1-4H3;1H/i;1+1. The predicted octanol–water partition coefficient (Wildman–Crippen LogP) is 2.30. The Bertz CT molecular complexity index is 19.4. The van der Waals surface area contributed by atoms with E-state index in [1.54, 1.807) is 0 Å². The molecule has 0 amide bonds. The molecule has 0 aromatic heterocycles. The van der Waals surface area contributed by atoms with Crippen molar-refractivity contribution in [2.45, 2.75) is 27.7 Å². The van der Waals surface area contributed by atoms with Crippen LogP contribution in [0.1, 0.15) is 29.1 Å². The monoisotopic (exact) mass is 75.1 g/mol. The van der Waals surface area contributed by atoms with Gasteiger partial charge in [0, 0.05) is 1.43 Å². The van der Waals surface area contributed by atoms with E-state index in [1.807, 2.05) is 0 Å². The normalized spacial score (nSPS) is 12.0. The summed E-state index contributed by atoms with van der Waals surface area (Å²) in [4.78, 5) is 0. The minimum atomic E-state index is 0. The lowest BCUT2D eigenvalue weighted by molar-refractivity contribution is 0.469. The molecule has 0 aliphatic carbocycles. The van der Waals surface area contributed by atoms with Crippen molar-refractivity contribution in [3.63, 3.8) is 0 Å². The van der Waals surface area contributed by atoms with Gasteiger partial charge in [0.15, 0.2) is 0 Å². The lowest BCUT2D eigenvalue weighted by Crippen LogP contribution is -1.93. The Labute approximate surface area is 35.7 Å². The SMILES string of the molecule is CC(C)(C)C.[2HH]. The molecule has 0 aromatic rings. The third-order valence-corrected chi connectivity index (χ3v) is 0. The molecular formula is C5H14. The minimum Gasteiger partial charge on any atom is -0.0604 e. The molecule has 5 heavy (non-hydrogen) atoms. The Balaban J connectivity index is 0. The number of hydrogen-bond donors (Lipinski definition) is 0. The van der Waals surface area contributed by atoms with Crippen LogP contribution in [0.2, 0.25) is 0 Å². The van der Waals surface area contributed by atoms with Crippen LogP contribution in [0.15, 0.2) is 0 Å². The molecule has 0 radical (unpaired) electrons. The summed E-state index contributed by atoms with van der Waals surface area (Å²) in [5.74, 6) is 0. The topological polar surface area (TPSA) is 0 Å². The second-order valence-electron chi connectivity index (χ2n) is 3.00. The zero-order chi connectivity index (χ0) is 4.50. The molecule has 0 saturated carbocycles.